The van der Waals surface area contributed by atoms with Gasteiger partial charge in [-0.1, -0.05) is 17.3 Å². The van der Waals surface area contributed by atoms with Crippen LogP contribution in [0.25, 0.3) is 22.6 Å². The number of aromatic amines is 1. The van der Waals surface area contributed by atoms with Gasteiger partial charge in [-0.2, -0.15) is 4.98 Å². The van der Waals surface area contributed by atoms with Gasteiger partial charge in [0.1, 0.15) is 5.82 Å². The minimum absolute atomic E-state index is 0.123. The molecule has 7 nitrogen and oxygen atoms in total. The summed E-state index contributed by atoms with van der Waals surface area (Å²) in [6.45, 7) is 1.94. The smallest absolute Gasteiger partial charge is 0.293 e. The Hall–Kier alpha value is -3.42. The lowest BCUT2D eigenvalue weighted by atomic mass is 10.1. The van der Waals surface area contributed by atoms with Crippen LogP contribution >= 0.6 is 0 Å². The van der Waals surface area contributed by atoms with Crippen LogP contribution in [0.15, 0.2) is 45.5 Å². The van der Waals surface area contributed by atoms with E-state index in [4.69, 9.17) is 8.94 Å². The molecule has 0 fully saturated rings. The predicted octanol–water partition coefficient (Wildman–Crippen LogP) is 3.12. The number of nitrogens with one attached hydrogen (secondary N) is 2. The van der Waals surface area contributed by atoms with Crippen molar-refractivity contribution in [2.24, 2.45) is 0 Å². The molecular weight excluding hydrogens is 339 g/mol. The van der Waals surface area contributed by atoms with Crippen LogP contribution in [0.5, 0.6) is 0 Å². The monoisotopic (exact) mass is 354 g/mol. The normalized spacial score (nSPS) is 11.2. The molecule has 0 aliphatic heterocycles. The minimum Gasteiger partial charge on any atom is -0.459 e. The lowest BCUT2D eigenvalue weighted by Crippen LogP contribution is -2.25. The van der Waals surface area contributed by atoms with Crippen LogP contribution < -0.4 is 5.32 Å². The molecule has 0 atom stereocenters. The van der Waals surface area contributed by atoms with Crippen molar-refractivity contribution in [3.05, 3.63) is 59.5 Å². The van der Waals surface area contributed by atoms with Crippen molar-refractivity contribution in [3.8, 4) is 11.7 Å². The van der Waals surface area contributed by atoms with Crippen molar-refractivity contribution in [2.45, 2.75) is 19.9 Å². The zero-order valence-electron chi connectivity index (χ0n) is 13.9. The van der Waals surface area contributed by atoms with Crippen molar-refractivity contribution in [1.29, 1.82) is 0 Å². The summed E-state index contributed by atoms with van der Waals surface area (Å²) in [6.07, 6.45) is 1.63. The second kappa shape index (κ2) is 6.47. The molecule has 8 heteroatoms. The number of carbonyl (C=O) groups excluding carboxylic acids is 1. The Morgan fingerprint density at radius 1 is 1.31 bits per heavy atom. The van der Waals surface area contributed by atoms with Gasteiger partial charge in [-0.3, -0.25) is 4.79 Å². The fourth-order valence-electron chi connectivity index (χ4n) is 2.82. The highest BCUT2D eigenvalue weighted by Gasteiger charge is 2.16. The highest BCUT2D eigenvalue weighted by Crippen LogP contribution is 2.24. The number of hydrogen-bond acceptors (Lipinski definition) is 5. The molecule has 0 saturated heterocycles. The van der Waals surface area contributed by atoms with Gasteiger partial charge in [-0.05, 0) is 30.7 Å². The molecule has 3 aromatic heterocycles. The minimum atomic E-state index is -0.338. The summed E-state index contributed by atoms with van der Waals surface area (Å²) < 4.78 is 24.1. The van der Waals surface area contributed by atoms with E-state index in [-0.39, 0.29) is 30.6 Å². The first kappa shape index (κ1) is 16.1. The average molecular weight is 354 g/mol. The van der Waals surface area contributed by atoms with Crippen molar-refractivity contribution < 1.29 is 18.1 Å². The van der Waals surface area contributed by atoms with E-state index in [9.17, 15) is 9.18 Å². The van der Waals surface area contributed by atoms with Gasteiger partial charge in [0, 0.05) is 11.1 Å². The number of para-hydroxylation sites is 1. The molecule has 4 aromatic rings. The summed E-state index contributed by atoms with van der Waals surface area (Å²) in [5.74, 6) is 0.497. The van der Waals surface area contributed by atoms with Gasteiger partial charge in [0.05, 0.1) is 24.7 Å². The number of benzene rings is 1. The molecule has 1 aromatic carbocycles. The Balaban J connectivity index is 1.44. The lowest BCUT2D eigenvalue weighted by Gasteiger charge is -2.03. The highest BCUT2D eigenvalue weighted by atomic mass is 19.1. The van der Waals surface area contributed by atoms with Gasteiger partial charge < -0.3 is 19.2 Å². The standard InChI is InChI=1S/C18H15FN4O3/c1-10-12(11-4-2-5-13(19)17(11)21-10)8-16(24)20-9-15-22-18(26-23-15)14-6-3-7-25-14/h2-7,21H,8-9H2,1H3,(H,20,24). The number of carbonyl (C=O) groups is 1. The Kier molecular flexibility index (Phi) is 4.00. The molecule has 2 N–H and O–H groups in total. The maximum Gasteiger partial charge on any atom is 0.293 e. The van der Waals surface area contributed by atoms with Crippen LogP contribution in [-0.2, 0) is 17.8 Å². The van der Waals surface area contributed by atoms with E-state index in [1.54, 1.807) is 24.3 Å². The quantitative estimate of drug-likeness (QED) is 0.574. The van der Waals surface area contributed by atoms with Crippen molar-refractivity contribution in [1.82, 2.24) is 20.4 Å². The van der Waals surface area contributed by atoms with Crippen LogP contribution in [0.4, 0.5) is 4.39 Å². The molecule has 0 spiro atoms. The van der Waals surface area contributed by atoms with Gasteiger partial charge in [-0.15, -0.1) is 0 Å². The number of halogens is 1. The van der Waals surface area contributed by atoms with Gasteiger partial charge in [0.2, 0.25) is 5.91 Å². The van der Waals surface area contributed by atoms with E-state index in [1.165, 1.54) is 12.3 Å². The van der Waals surface area contributed by atoms with Gasteiger partial charge in [0.15, 0.2) is 11.6 Å². The van der Waals surface area contributed by atoms with Crippen LogP contribution in [0.3, 0.4) is 0 Å². The maximum absolute atomic E-state index is 13.8. The number of H-pyrrole nitrogens is 1. The van der Waals surface area contributed by atoms with Gasteiger partial charge in [-0.25, -0.2) is 4.39 Å². The molecule has 26 heavy (non-hydrogen) atoms. The van der Waals surface area contributed by atoms with E-state index in [2.05, 4.69) is 20.4 Å². The third kappa shape index (κ3) is 2.97. The largest absolute Gasteiger partial charge is 0.459 e. The topological polar surface area (TPSA) is 97.0 Å². The number of fused-ring (bicyclic) bond motifs is 1. The third-order valence-electron chi connectivity index (χ3n) is 4.08. The molecule has 0 bridgehead atoms. The molecule has 3 heterocycles. The summed E-state index contributed by atoms with van der Waals surface area (Å²) in [7, 11) is 0. The van der Waals surface area contributed by atoms with Crippen LogP contribution in [-0.4, -0.2) is 21.0 Å². The lowest BCUT2D eigenvalue weighted by molar-refractivity contribution is -0.120. The summed E-state index contributed by atoms with van der Waals surface area (Å²) in [5, 5.41) is 7.25. The summed E-state index contributed by atoms with van der Waals surface area (Å²) in [6, 6.07) is 8.22. The Labute approximate surface area is 147 Å². The average Bonchev–Trinajstić information content (AvgIpc) is 3.35. The first-order valence-electron chi connectivity index (χ1n) is 8.00. The van der Waals surface area contributed by atoms with Crippen molar-refractivity contribution >= 4 is 16.8 Å². The molecular formula is C18H15FN4O3. The molecule has 0 aliphatic carbocycles. The molecule has 1 amide bonds. The molecule has 4 rings (SSSR count). The number of furan rings is 1. The number of amides is 1. The van der Waals surface area contributed by atoms with Crippen molar-refractivity contribution in [2.75, 3.05) is 0 Å². The van der Waals surface area contributed by atoms with E-state index in [1.807, 2.05) is 6.92 Å². The SMILES string of the molecule is Cc1[nH]c2c(F)cccc2c1CC(=O)NCc1noc(-c2ccco2)n1. The third-order valence-corrected chi connectivity index (χ3v) is 4.08. The Morgan fingerprint density at radius 3 is 3.00 bits per heavy atom. The van der Waals surface area contributed by atoms with Crippen molar-refractivity contribution in [3.63, 3.8) is 0 Å². The molecule has 0 aliphatic rings. The second-order valence-corrected chi connectivity index (χ2v) is 5.84. The predicted molar refractivity (Wildman–Crippen MR) is 90.5 cm³/mol. The summed E-state index contributed by atoms with van der Waals surface area (Å²) in [4.78, 5) is 19.4. The van der Waals surface area contributed by atoms with Crippen LogP contribution in [0.2, 0.25) is 0 Å². The highest BCUT2D eigenvalue weighted by molar-refractivity contribution is 5.90. The maximum atomic E-state index is 13.8. The van der Waals surface area contributed by atoms with Gasteiger partial charge >= 0.3 is 0 Å². The zero-order valence-corrected chi connectivity index (χ0v) is 13.9. The number of hydrogen-bond donors (Lipinski definition) is 2. The van der Waals surface area contributed by atoms with Crippen LogP contribution in [0.1, 0.15) is 17.1 Å². The fraction of sp³-hybridized carbons (Fsp3) is 0.167. The molecule has 0 unspecified atom stereocenters. The van der Waals surface area contributed by atoms with E-state index >= 15 is 0 Å². The van der Waals surface area contributed by atoms with E-state index < -0.39 is 0 Å². The number of aromatic nitrogens is 3. The summed E-state index contributed by atoms with van der Waals surface area (Å²) >= 11 is 0. The number of nitrogens with zero attached hydrogens (tertiary/aromatic N) is 2. The fourth-order valence-corrected chi connectivity index (χ4v) is 2.82. The summed E-state index contributed by atoms with van der Waals surface area (Å²) in [5.41, 5.74) is 1.94. The van der Waals surface area contributed by atoms with Crippen LogP contribution in [0, 0.1) is 12.7 Å². The molecule has 0 saturated carbocycles. The zero-order chi connectivity index (χ0) is 18.1. The number of aryl methyl sites for hydroxylation is 1. The molecule has 0 radical (unpaired) electrons. The first-order chi connectivity index (χ1) is 12.6. The van der Waals surface area contributed by atoms with Gasteiger partial charge in [0.25, 0.3) is 5.89 Å². The molecule has 132 valence electrons. The number of rotatable bonds is 5. The van der Waals surface area contributed by atoms with E-state index in [0.29, 0.717) is 22.5 Å². The first-order valence-corrected chi connectivity index (χ1v) is 8.00. The Morgan fingerprint density at radius 2 is 2.19 bits per heavy atom. The second-order valence-electron chi connectivity index (χ2n) is 5.84. The van der Waals surface area contributed by atoms with E-state index in [0.717, 1.165) is 11.3 Å². The Bertz CT molecular complexity index is 1070.